The van der Waals surface area contributed by atoms with Crippen LogP contribution in [0.3, 0.4) is 0 Å². The van der Waals surface area contributed by atoms with Crippen LogP contribution in [0.1, 0.15) is 25.3 Å². The molecule has 0 atom stereocenters. The van der Waals surface area contributed by atoms with E-state index in [-0.39, 0.29) is 0 Å². The van der Waals surface area contributed by atoms with Gasteiger partial charge in [-0.05, 0) is 31.9 Å². The predicted molar refractivity (Wildman–Crippen MR) is 85.5 cm³/mol. The molecule has 5 heteroatoms. The number of rotatable bonds is 4. The summed E-state index contributed by atoms with van der Waals surface area (Å²) in [6, 6.07) is 9.00. The third-order valence-electron chi connectivity index (χ3n) is 4.31. The first-order valence-electron chi connectivity index (χ1n) is 7.74. The number of aromatic amines is 1. The lowest BCUT2D eigenvalue weighted by Crippen LogP contribution is -2.41. The second-order valence-electron chi connectivity index (χ2n) is 5.54. The molecule has 0 saturated carbocycles. The van der Waals surface area contributed by atoms with Crippen LogP contribution in [-0.4, -0.2) is 41.4 Å². The highest BCUT2D eigenvalue weighted by atomic mass is 15.4. The fraction of sp³-hybridized carbons (Fsp3) is 0.500. The number of piperidine rings is 1. The Labute approximate surface area is 125 Å². The van der Waals surface area contributed by atoms with Crippen LogP contribution in [-0.2, 0) is 6.42 Å². The second-order valence-corrected chi connectivity index (χ2v) is 5.54. The molecule has 1 fully saturated rings. The van der Waals surface area contributed by atoms with Gasteiger partial charge in [-0.3, -0.25) is 5.10 Å². The van der Waals surface area contributed by atoms with Gasteiger partial charge >= 0.3 is 0 Å². The van der Waals surface area contributed by atoms with E-state index in [0.717, 1.165) is 49.7 Å². The van der Waals surface area contributed by atoms with Crippen molar-refractivity contribution in [2.45, 2.75) is 32.2 Å². The zero-order valence-electron chi connectivity index (χ0n) is 12.8. The average Bonchev–Trinajstić information content (AvgIpc) is 3.04. The maximum atomic E-state index is 4.70. The number of benzene rings is 1. The number of aryl methyl sites for hydroxylation is 1. The Kier molecular flexibility index (Phi) is 4.20. The van der Waals surface area contributed by atoms with Gasteiger partial charge in [0.05, 0.1) is 0 Å². The molecule has 0 radical (unpaired) electrons. The van der Waals surface area contributed by atoms with Crippen molar-refractivity contribution < 1.29 is 0 Å². The molecule has 0 bridgehead atoms. The van der Waals surface area contributed by atoms with Crippen LogP contribution in [0.4, 0.5) is 5.95 Å². The first-order chi connectivity index (χ1) is 10.3. The molecule has 1 aromatic heterocycles. The largest absolute Gasteiger partial charge is 0.339 e. The van der Waals surface area contributed by atoms with Gasteiger partial charge in [-0.15, -0.1) is 5.10 Å². The zero-order chi connectivity index (χ0) is 14.7. The van der Waals surface area contributed by atoms with Crippen LogP contribution in [0.15, 0.2) is 24.3 Å². The molecule has 1 aromatic carbocycles. The van der Waals surface area contributed by atoms with Crippen LogP contribution in [0, 0.1) is 0 Å². The van der Waals surface area contributed by atoms with E-state index in [9.17, 15) is 0 Å². The van der Waals surface area contributed by atoms with E-state index in [2.05, 4.69) is 51.6 Å². The Morgan fingerprint density at radius 1 is 1.29 bits per heavy atom. The van der Waals surface area contributed by atoms with Crippen LogP contribution < -0.4 is 10.2 Å². The number of hydrogen-bond acceptors (Lipinski definition) is 4. The Morgan fingerprint density at radius 2 is 2.05 bits per heavy atom. The molecule has 21 heavy (non-hydrogen) atoms. The maximum absolute atomic E-state index is 4.70. The topological polar surface area (TPSA) is 56.8 Å². The third kappa shape index (κ3) is 2.93. The summed E-state index contributed by atoms with van der Waals surface area (Å²) in [4.78, 5) is 6.97. The molecule has 5 nitrogen and oxygen atoms in total. The quantitative estimate of drug-likeness (QED) is 0.904. The van der Waals surface area contributed by atoms with Gasteiger partial charge < -0.3 is 10.2 Å². The highest BCUT2D eigenvalue weighted by molar-refractivity contribution is 5.61. The van der Waals surface area contributed by atoms with Gasteiger partial charge in [0.2, 0.25) is 5.95 Å². The molecule has 1 aliphatic heterocycles. The molecular weight excluding hydrogens is 262 g/mol. The Bertz CT molecular complexity index is 584. The monoisotopic (exact) mass is 285 g/mol. The molecule has 0 aliphatic carbocycles. The highest BCUT2D eigenvalue weighted by Gasteiger charge is 2.21. The number of hydrogen-bond donors (Lipinski definition) is 2. The minimum atomic E-state index is 0.625. The van der Waals surface area contributed by atoms with Crippen molar-refractivity contribution in [2.75, 3.05) is 25.0 Å². The summed E-state index contributed by atoms with van der Waals surface area (Å²) in [5.41, 5.74) is 2.46. The molecule has 0 spiro atoms. The van der Waals surface area contributed by atoms with Gasteiger partial charge in [-0.25, -0.2) is 0 Å². The normalized spacial score (nSPS) is 16.4. The number of H-pyrrole nitrogens is 1. The van der Waals surface area contributed by atoms with Crippen molar-refractivity contribution in [3.05, 3.63) is 29.8 Å². The summed E-state index contributed by atoms with van der Waals surface area (Å²) < 4.78 is 0. The van der Waals surface area contributed by atoms with E-state index in [1.165, 1.54) is 5.56 Å². The molecule has 2 aromatic rings. The summed E-state index contributed by atoms with van der Waals surface area (Å²) in [5, 5.41) is 10.9. The predicted octanol–water partition coefficient (Wildman–Crippen LogP) is 2.22. The minimum absolute atomic E-state index is 0.625. The van der Waals surface area contributed by atoms with Gasteiger partial charge in [0, 0.05) is 24.7 Å². The second kappa shape index (κ2) is 6.26. The lowest BCUT2D eigenvalue weighted by atomic mass is 10.1. The van der Waals surface area contributed by atoms with E-state index in [4.69, 9.17) is 4.98 Å². The summed E-state index contributed by atoms with van der Waals surface area (Å²) in [6.07, 6.45) is 3.29. The van der Waals surface area contributed by atoms with E-state index in [1.807, 2.05) is 7.05 Å². The maximum Gasteiger partial charge on any atom is 0.245 e. The Balaban J connectivity index is 1.78. The molecule has 3 rings (SSSR count). The molecule has 0 unspecified atom stereocenters. The highest BCUT2D eigenvalue weighted by Crippen LogP contribution is 2.23. The lowest BCUT2D eigenvalue weighted by molar-refractivity contribution is 0.439. The van der Waals surface area contributed by atoms with Crippen molar-refractivity contribution in [2.24, 2.45) is 0 Å². The molecule has 0 amide bonds. The molecule has 2 N–H and O–H groups in total. The zero-order valence-corrected chi connectivity index (χ0v) is 12.8. The molecule has 112 valence electrons. The van der Waals surface area contributed by atoms with Crippen molar-refractivity contribution in [1.82, 2.24) is 20.5 Å². The Hall–Kier alpha value is -1.88. The number of aromatic nitrogens is 3. The molecule has 1 saturated heterocycles. The van der Waals surface area contributed by atoms with Crippen LogP contribution in [0.2, 0.25) is 0 Å². The third-order valence-corrected chi connectivity index (χ3v) is 4.31. The van der Waals surface area contributed by atoms with Gasteiger partial charge in [-0.1, -0.05) is 31.2 Å². The standard InChI is InChI=1S/C16H23N5/c1-3-12-6-4-5-7-14(12)15-18-16(20-19-15)21-10-8-13(17-2)9-11-21/h4-7,13,17H,3,8-11H2,1-2H3,(H,18,19,20). The summed E-state index contributed by atoms with van der Waals surface area (Å²) >= 11 is 0. The lowest BCUT2D eigenvalue weighted by Gasteiger charge is -2.30. The van der Waals surface area contributed by atoms with E-state index in [1.54, 1.807) is 0 Å². The van der Waals surface area contributed by atoms with Crippen molar-refractivity contribution in [3.8, 4) is 11.4 Å². The van der Waals surface area contributed by atoms with Gasteiger partial charge in [0.1, 0.15) is 0 Å². The smallest absolute Gasteiger partial charge is 0.245 e. The average molecular weight is 285 g/mol. The fourth-order valence-corrected chi connectivity index (χ4v) is 2.94. The van der Waals surface area contributed by atoms with Gasteiger partial charge in [0.25, 0.3) is 0 Å². The van der Waals surface area contributed by atoms with Crippen molar-refractivity contribution in [1.29, 1.82) is 0 Å². The van der Waals surface area contributed by atoms with Crippen molar-refractivity contribution >= 4 is 5.95 Å². The first kappa shape index (κ1) is 14.1. The van der Waals surface area contributed by atoms with E-state index < -0.39 is 0 Å². The van der Waals surface area contributed by atoms with Crippen molar-refractivity contribution in [3.63, 3.8) is 0 Å². The number of nitrogens with one attached hydrogen (secondary N) is 2. The number of nitrogens with zero attached hydrogens (tertiary/aromatic N) is 3. The minimum Gasteiger partial charge on any atom is -0.339 e. The fourth-order valence-electron chi connectivity index (χ4n) is 2.94. The van der Waals surface area contributed by atoms with Crippen LogP contribution in [0.25, 0.3) is 11.4 Å². The summed E-state index contributed by atoms with van der Waals surface area (Å²) in [5.74, 6) is 1.70. The molecule has 2 heterocycles. The summed E-state index contributed by atoms with van der Waals surface area (Å²) in [7, 11) is 2.03. The van der Waals surface area contributed by atoms with E-state index in [0.29, 0.717) is 6.04 Å². The van der Waals surface area contributed by atoms with E-state index >= 15 is 0 Å². The van der Waals surface area contributed by atoms with Crippen LogP contribution >= 0.6 is 0 Å². The van der Waals surface area contributed by atoms with Gasteiger partial charge in [-0.2, -0.15) is 4.98 Å². The SMILES string of the molecule is CCc1ccccc1-c1nc(N2CCC(NC)CC2)n[nH]1. The Morgan fingerprint density at radius 3 is 2.76 bits per heavy atom. The number of anilines is 1. The van der Waals surface area contributed by atoms with Gasteiger partial charge in [0.15, 0.2) is 5.82 Å². The van der Waals surface area contributed by atoms with Crippen LogP contribution in [0.5, 0.6) is 0 Å². The summed E-state index contributed by atoms with van der Waals surface area (Å²) in [6.45, 7) is 4.19. The molecular formula is C16H23N5. The molecule has 1 aliphatic rings. The first-order valence-corrected chi connectivity index (χ1v) is 7.74.